The van der Waals surface area contributed by atoms with Gasteiger partial charge in [-0.15, -0.1) is 0 Å². The Balaban J connectivity index is 1.87. The molecule has 3 rings (SSSR count). The fourth-order valence-corrected chi connectivity index (χ4v) is 2.45. The average molecular weight is 355 g/mol. The molecule has 0 unspecified atom stereocenters. The number of carbonyl (C=O) groups is 1. The highest BCUT2D eigenvalue weighted by atomic mass is 19.1. The van der Waals surface area contributed by atoms with E-state index >= 15 is 0 Å². The molecule has 1 aromatic heterocycles. The molecule has 0 aliphatic heterocycles. The summed E-state index contributed by atoms with van der Waals surface area (Å²) in [6.07, 6.45) is 4.58. The van der Waals surface area contributed by atoms with E-state index in [9.17, 15) is 19.3 Å². The second-order valence-corrected chi connectivity index (χ2v) is 5.33. The van der Waals surface area contributed by atoms with Crippen molar-refractivity contribution in [1.29, 1.82) is 0 Å². The fourth-order valence-electron chi connectivity index (χ4n) is 2.45. The van der Waals surface area contributed by atoms with Gasteiger partial charge < -0.3 is 15.2 Å². The molecule has 0 radical (unpaired) electrons. The maximum Gasteiger partial charge on any atom is 0.270 e. The number of imidazole rings is 1. The molecule has 3 aromatic rings. The molecule has 0 bridgehead atoms. The van der Waals surface area contributed by atoms with E-state index < -0.39 is 16.6 Å². The number of non-ortho nitro benzene ring substituents is 1. The van der Waals surface area contributed by atoms with Gasteiger partial charge in [0.15, 0.2) is 0 Å². The highest BCUT2D eigenvalue weighted by Gasteiger charge is 2.17. The summed E-state index contributed by atoms with van der Waals surface area (Å²) in [4.78, 5) is 26.7. The molecule has 26 heavy (non-hydrogen) atoms. The van der Waals surface area contributed by atoms with Gasteiger partial charge in [0.2, 0.25) is 0 Å². The summed E-state index contributed by atoms with van der Waals surface area (Å²) in [6, 6.07) is 8.10. The first-order chi connectivity index (χ1) is 12.5. The van der Waals surface area contributed by atoms with Crippen LogP contribution in [0.1, 0.15) is 10.4 Å². The molecule has 9 heteroatoms. The maximum atomic E-state index is 14.3. The minimum absolute atomic E-state index is 0.0841. The van der Waals surface area contributed by atoms with Crippen molar-refractivity contribution in [3.05, 3.63) is 76.6 Å². The fraction of sp³-hybridized carbons (Fsp3) is 0.0588. The Bertz CT molecular complexity index is 973. The predicted octanol–water partition coefficient (Wildman–Crippen LogP) is 3.21. The molecule has 1 amide bonds. The van der Waals surface area contributed by atoms with Crippen LogP contribution in [0.4, 0.5) is 21.5 Å². The third-order valence-corrected chi connectivity index (χ3v) is 3.72. The van der Waals surface area contributed by atoms with Crippen LogP contribution in [-0.2, 0) is 0 Å². The number of aromatic nitrogens is 2. The van der Waals surface area contributed by atoms with Crippen molar-refractivity contribution in [3.8, 4) is 5.69 Å². The van der Waals surface area contributed by atoms with Crippen LogP contribution in [0.2, 0.25) is 0 Å². The molecular weight excluding hydrogens is 341 g/mol. The van der Waals surface area contributed by atoms with Crippen molar-refractivity contribution in [2.24, 2.45) is 0 Å². The SMILES string of the molecule is CNc1ccc([N+](=O)[O-])cc1C(=O)Nc1ccc(-n2ccnc2)c(F)c1. The number of carbonyl (C=O) groups excluding carboxylic acids is 1. The Kier molecular flexibility index (Phi) is 4.61. The Morgan fingerprint density at radius 1 is 1.27 bits per heavy atom. The van der Waals surface area contributed by atoms with Gasteiger partial charge in [0.1, 0.15) is 5.82 Å². The normalized spacial score (nSPS) is 10.4. The van der Waals surface area contributed by atoms with E-state index in [1.54, 1.807) is 13.2 Å². The number of hydrogen-bond acceptors (Lipinski definition) is 5. The van der Waals surface area contributed by atoms with E-state index in [-0.39, 0.29) is 22.6 Å². The molecule has 0 aliphatic rings. The molecule has 2 aromatic carbocycles. The molecule has 0 spiro atoms. The lowest BCUT2D eigenvalue weighted by molar-refractivity contribution is -0.384. The third kappa shape index (κ3) is 3.36. The number of halogens is 1. The lowest BCUT2D eigenvalue weighted by atomic mass is 10.1. The lowest BCUT2D eigenvalue weighted by Gasteiger charge is -2.11. The molecule has 8 nitrogen and oxygen atoms in total. The van der Waals surface area contributed by atoms with Crippen LogP contribution in [0.3, 0.4) is 0 Å². The van der Waals surface area contributed by atoms with Gasteiger partial charge in [0, 0.05) is 42.9 Å². The molecule has 0 saturated heterocycles. The van der Waals surface area contributed by atoms with Gasteiger partial charge in [-0.2, -0.15) is 0 Å². The number of amides is 1. The molecule has 0 atom stereocenters. The summed E-state index contributed by atoms with van der Waals surface area (Å²) in [6.45, 7) is 0. The van der Waals surface area contributed by atoms with Crippen LogP contribution in [0.5, 0.6) is 0 Å². The number of benzene rings is 2. The van der Waals surface area contributed by atoms with E-state index in [1.807, 2.05) is 0 Å². The van der Waals surface area contributed by atoms with Gasteiger partial charge >= 0.3 is 0 Å². The monoisotopic (exact) mass is 355 g/mol. The number of nitrogens with zero attached hydrogens (tertiary/aromatic N) is 3. The minimum atomic E-state index is -0.590. The quantitative estimate of drug-likeness (QED) is 0.540. The summed E-state index contributed by atoms with van der Waals surface area (Å²) in [5.41, 5.74) is 0.803. The van der Waals surface area contributed by atoms with Gasteiger partial charge in [-0.25, -0.2) is 9.37 Å². The van der Waals surface area contributed by atoms with Crippen LogP contribution in [-0.4, -0.2) is 27.4 Å². The lowest BCUT2D eigenvalue weighted by Crippen LogP contribution is -2.14. The van der Waals surface area contributed by atoms with E-state index in [1.165, 1.54) is 47.4 Å². The molecule has 1 heterocycles. The van der Waals surface area contributed by atoms with Gasteiger partial charge in [-0.3, -0.25) is 14.9 Å². The van der Waals surface area contributed by atoms with Crippen LogP contribution in [0, 0.1) is 15.9 Å². The number of hydrogen-bond donors (Lipinski definition) is 2. The summed E-state index contributed by atoms with van der Waals surface area (Å²) < 4.78 is 15.8. The van der Waals surface area contributed by atoms with E-state index in [0.717, 1.165) is 6.07 Å². The summed E-state index contributed by atoms with van der Waals surface area (Å²) in [5.74, 6) is -1.14. The minimum Gasteiger partial charge on any atom is -0.387 e. The van der Waals surface area contributed by atoms with E-state index in [4.69, 9.17) is 0 Å². The molecule has 0 aliphatic carbocycles. The highest BCUT2D eigenvalue weighted by molar-refractivity contribution is 6.08. The molecule has 132 valence electrons. The van der Waals surface area contributed by atoms with E-state index in [0.29, 0.717) is 5.69 Å². The van der Waals surface area contributed by atoms with Crippen molar-refractivity contribution < 1.29 is 14.1 Å². The van der Waals surface area contributed by atoms with Gasteiger partial charge in [-0.1, -0.05) is 0 Å². The van der Waals surface area contributed by atoms with Crippen molar-refractivity contribution in [1.82, 2.24) is 9.55 Å². The Hall–Kier alpha value is -3.75. The highest BCUT2D eigenvalue weighted by Crippen LogP contribution is 2.24. The molecular formula is C17H14FN5O3. The van der Waals surface area contributed by atoms with Crippen molar-refractivity contribution in [2.45, 2.75) is 0 Å². The standard InChI is InChI=1S/C17H14FN5O3/c1-19-15-4-3-12(23(25)26)9-13(15)17(24)21-11-2-5-16(14(18)8-11)22-7-6-20-10-22/h2-10,19H,1H3,(H,21,24). The molecule has 2 N–H and O–H groups in total. The first-order valence-electron chi connectivity index (χ1n) is 7.55. The Morgan fingerprint density at radius 3 is 2.69 bits per heavy atom. The average Bonchev–Trinajstić information content (AvgIpc) is 3.15. The number of rotatable bonds is 5. The van der Waals surface area contributed by atoms with Crippen LogP contribution < -0.4 is 10.6 Å². The summed E-state index contributed by atoms with van der Waals surface area (Å²) in [7, 11) is 1.59. The number of anilines is 2. The van der Waals surface area contributed by atoms with Crippen LogP contribution in [0.25, 0.3) is 5.69 Å². The van der Waals surface area contributed by atoms with Crippen molar-refractivity contribution in [3.63, 3.8) is 0 Å². The topological polar surface area (TPSA) is 102 Å². The number of nitro groups is 1. The second kappa shape index (κ2) is 7.01. The van der Waals surface area contributed by atoms with E-state index in [2.05, 4.69) is 15.6 Å². The van der Waals surface area contributed by atoms with Crippen LogP contribution >= 0.6 is 0 Å². The zero-order valence-corrected chi connectivity index (χ0v) is 13.6. The Labute approximate surface area is 147 Å². The Morgan fingerprint density at radius 2 is 2.08 bits per heavy atom. The number of nitrogens with one attached hydrogen (secondary N) is 2. The maximum absolute atomic E-state index is 14.3. The second-order valence-electron chi connectivity index (χ2n) is 5.33. The zero-order chi connectivity index (χ0) is 18.7. The first kappa shape index (κ1) is 17.1. The van der Waals surface area contributed by atoms with Crippen molar-refractivity contribution in [2.75, 3.05) is 17.7 Å². The first-order valence-corrected chi connectivity index (χ1v) is 7.55. The van der Waals surface area contributed by atoms with Crippen molar-refractivity contribution >= 4 is 23.0 Å². The third-order valence-electron chi connectivity index (χ3n) is 3.72. The van der Waals surface area contributed by atoms with Gasteiger partial charge in [0.25, 0.3) is 11.6 Å². The zero-order valence-electron chi connectivity index (χ0n) is 13.6. The largest absolute Gasteiger partial charge is 0.387 e. The summed E-state index contributed by atoms with van der Waals surface area (Å²) in [5, 5.41) is 16.3. The molecule has 0 saturated carbocycles. The summed E-state index contributed by atoms with van der Waals surface area (Å²) >= 11 is 0. The number of nitro benzene ring substituents is 1. The van der Waals surface area contributed by atoms with Gasteiger partial charge in [-0.05, 0) is 24.3 Å². The van der Waals surface area contributed by atoms with Crippen LogP contribution in [0.15, 0.2) is 55.1 Å². The smallest absolute Gasteiger partial charge is 0.270 e. The predicted molar refractivity (Wildman–Crippen MR) is 94.1 cm³/mol. The van der Waals surface area contributed by atoms with Gasteiger partial charge in [0.05, 0.1) is 22.5 Å². The molecule has 0 fully saturated rings.